The Balaban J connectivity index is 2.12. The molecule has 0 saturated carbocycles. The Hall–Kier alpha value is -2.21. The highest BCUT2D eigenvalue weighted by Crippen LogP contribution is 2.33. The van der Waals surface area contributed by atoms with Crippen LogP contribution in [0.15, 0.2) is 30.5 Å². The lowest BCUT2D eigenvalue weighted by molar-refractivity contribution is -0.383. The SMILES string of the molecule is O=[N+]([O-])c1ccc(N2CCC[C@H](O)C2)c2cccnc12. The molecule has 1 aromatic carbocycles. The molecule has 1 aromatic heterocycles. The maximum absolute atomic E-state index is 11.1. The lowest BCUT2D eigenvalue weighted by Crippen LogP contribution is -2.38. The normalized spacial score (nSPS) is 19.2. The van der Waals surface area contributed by atoms with Gasteiger partial charge in [0.05, 0.1) is 11.0 Å². The van der Waals surface area contributed by atoms with Gasteiger partial charge in [-0.3, -0.25) is 10.1 Å². The van der Waals surface area contributed by atoms with Crippen LogP contribution in [-0.4, -0.2) is 34.2 Å². The highest BCUT2D eigenvalue weighted by Gasteiger charge is 2.22. The van der Waals surface area contributed by atoms with Crippen molar-refractivity contribution in [2.24, 2.45) is 0 Å². The van der Waals surface area contributed by atoms with Crippen LogP contribution in [0, 0.1) is 10.1 Å². The van der Waals surface area contributed by atoms with E-state index in [1.165, 1.54) is 6.07 Å². The second-order valence-electron chi connectivity index (χ2n) is 5.00. The maximum atomic E-state index is 11.1. The number of aliphatic hydroxyl groups excluding tert-OH is 1. The van der Waals surface area contributed by atoms with Gasteiger partial charge in [0.15, 0.2) is 0 Å². The molecule has 1 N–H and O–H groups in total. The van der Waals surface area contributed by atoms with Crippen molar-refractivity contribution in [2.45, 2.75) is 18.9 Å². The molecule has 0 aliphatic carbocycles. The summed E-state index contributed by atoms with van der Waals surface area (Å²) in [4.78, 5) is 16.9. The third kappa shape index (κ3) is 2.18. The molecule has 6 nitrogen and oxygen atoms in total. The van der Waals surface area contributed by atoms with Crippen molar-refractivity contribution >= 4 is 22.3 Å². The Kier molecular flexibility index (Phi) is 3.23. The minimum atomic E-state index is -0.413. The molecular weight excluding hydrogens is 258 g/mol. The van der Waals surface area contributed by atoms with Crippen molar-refractivity contribution in [3.05, 3.63) is 40.6 Å². The molecule has 2 heterocycles. The molecule has 3 rings (SSSR count). The number of hydrogen-bond acceptors (Lipinski definition) is 5. The fourth-order valence-electron chi connectivity index (χ4n) is 2.74. The molecule has 20 heavy (non-hydrogen) atoms. The number of β-amino-alcohol motifs (C(OH)–C–C–N with tert-alkyl or cyclic N) is 1. The number of nitrogens with zero attached hydrogens (tertiary/aromatic N) is 3. The van der Waals surface area contributed by atoms with Crippen LogP contribution >= 0.6 is 0 Å². The van der Waals surface area contributed by atoms with Crippen molar-refractivity contribution in [1.82, 2.24) is 4.98 Å². The number of piperidine rings is 1. The number of fused-ring (bicyclic) bond motifs is 1. The Bertz CT molecular complexity index is 659. The fourth-order valence-corrected chi connectivity index (χ4v) is 2.74. The van der Waals surface area contributed by atoms with Gasteiger partial charge >= 0.3 is 0 Å². The minimum Gasteiger partial charge on any atom is -0.391 e. The molecule has 1 atom stereocenters. The number of aromatic nitrogens is 1. The van der Waals surface area contributed by atoms with E-state index in [4.69, 9.17) is 0 Å². The second kappa shape index (κ2) is 5.05. The average molecular weight is 273 g/mol. The molecular formula is C14H15N3O3. The summed E-state index contributed by atoms with van der Waals surface area (Å²) in [6.07, 6.45) is 2.94. The molecule has 1 aliphatic heterocycles. The largest absolute Gasteiger partial charge is 0.391 e. The minimum absolute atomic E-state index is 0.0157. The average Bonchev–Trinajstić information content (AvgIpc) is 2.46. The lowest BCUT2D eigenvalue weighted by Gasteiger charge is -2.32. The van der Waals surface area contributed by atoms with Crippen LogP contribution in [0.4, 0.5) is 11.4 Å². The smallest absolute Gasteiger partial charge is 0.295 e. The number of benzene rings is 1. The van der Waals surface area contributed by atoms with Crippen LogP contribution in [0.1, 0.15) is 12.8 Å². The van der Waals surface area contributed by atoms with Gasteiger partial charge in [-0.2, -0.15) is 0 Å². The molecule has 0 unspecified atom stereocenters. The summed E-state index contributed by atoms with van der Waals surface area (Å²) in [5.74, 6) is 0. The standard InChI is InChI=1S/C14H15N3O3/c18-10-3-2-8-16(9-10)12-5-6-13(17(19)20)14-11(12)4-1-7-15-14/h1,4-7,10,18H,2-3,8-9H2/t10-/m0/s1. The number of pyridine rings is 1. The van der Waals surface area contributed by atoms with Crippen LogP contribution in [0.3, 0.4) is 0 Å². The molecule has 0 spiro atoms. The van der Waals surface area contributed by atoms with Gasteiger partial charge < -0.3 is 10.0 Å². The first-order valence-electron chi connectivity index (χ1n) is 6.62. The summed E-state index contributed by atoms with van der Waals surface area (Å²) in [6.45, 7) is 1.40. The lowest BCUT2D eigenvalue weighted by atomic mass is 10.1. The van der Waals surface area contributed by atoms with Crippen LogP contribution in [-0.2, 0) is 0 Å². The molecule has 0 bridgehead atoms. The van der Waals surface area contributed by atoms with Crippen molar-refractivity contribution in [3.8, 4) is 0 Å². The van der Waals surface area contributed by atoms with E-state index >= 15 is 0 Å². The quantitative estimate of drug-likeness (QED) is 0.669. The van der Waals surface area contributed by atoms with Crippen LogP contribution in [0.25, 0.3) is 10.9 Å². The topological polar surface area (TPSA) is 79.5 Å². The number of hydrogen-bond donors (Lipinski definition) is 1. The van der Waals surface area contributed by atoms with Crippen molar-refractivity contribution < 1.29 is 10.0 Å². The van der Waals surface area contributed by atoms with Gasteiger partial charge in [0, 0.05) is 36.4 Å². The van der Waals surface area contributed by atoms with E-state index in [2.05, 4.69) is 9.88 Å². The second-order valence-corrected chi connectivity index (χ2v) is 5.00. The van der Waals surface area contributed by atoms with Crippen LogP contribution < -0.4 is 4.90 Å². The van der Waals surface area contributed by atoms with E-state index in [9.17, 15) is 15.2 Å². The molecule has 6 heteroatoms. The summed E-state index contributed by atoms with van der Waals surface area (Å²) in [6, 6.07) is 6.85. The number of nitro groups is 1. The van der Waals surface area contributed by atoms with Crippen molar-refractivity contribution in [3.63, 3.8) is 0 Å². The van der Waals surface area contributed by atoms with Gasteiger partial charge in [-0.1, -0.05) is 0 Å². The fraction of sp³-hybridized carbons (Fsp3) is 0.357. The van der Waals surface area contributed by atoms with E-state index in [-0.39, 0.29) is 11.8 Å². The molecule has 0 amide bonds. The number of nitro benzene ring substituents is 1. The van der Waals surface area contributed by atoms with E-state index in [0.717, 1.165) is 30.5 Å². The van der Waals surface area contributed by atoms with Gasteiger partial charge in [0.2, 0.25) is 0 Å². The Morgan fingerprint density at radius 2 is 2.25 bits per heavy atom. The summed E-state index contributed by atoms with van der Waals surface area (Å²) in [5.41, 5.74) is 1.31. The van der Waals surface area contributed by atoms with Crippen molar-refractivity contribution in [1.29, 1.82) is 0 Å². The molecule has 104 valence electrons. The predicted molar refractivity (Wildman–Crippen MR) is 75.9 cm³/mol. The first-order valence-corrected chi connectivity index (χ1v) is 6.62. The molecule has 0 radical (unpaired) electrons. The zero-order valence-corrected chi connectivity index (χ0v) is 10.9. The number of anilines is 1. The summed E-state index contributed by atoms with van der Waals surface area (Å²) in [5, 5.41) is 21.6. The summed E-state index contributed by atoms with van der Waals surface area (Å²) >= 11 is 0. The first kappa shape index (κ1) is 12.8. The van der Waals surface area contributed by atoms with Gasteiger partial charge in [-0.25, -0.2) is 4.98 Å². The van der Waals surface area contributed by atoms with Crippen LogP contribution in [0.5, 0.6) is 0 Å². The molecule has 1 aliphatic rings. The van der Waals surface area contributed by atoms with Gasteiger partial charge in [0.25, 0.3) is 5.69 Å². The highest BCUT2D eigenvalue weighted by molar-refractivity contribution is 5.97. The molecule has 2 aromatic rings. The number of aliphatic hydroxyl groups is 1. The molecule has 1 fully saturated rings. The Morgan fingerprint density at radius 3 is 3.00 bits per heavy atom. The number of non-ortho nitro benzene ring substituents is 1. The van der Waals surface area contributed by atoms with Crippen LogP contribution in [0.2, 0.25) is 0 Å². The van der Waals surface area contributed by atoms with Gasteiger partial charge in [0.1, 0.15) is 5.52 Å². The van der Waals surface area contributed by atoms with E-state index in [0.29, 0.717) is 12.1 Å². The zero-order chi connectivity index (χ0) is 14.1. The molecule has 1 saturated heterocycles. The van der Waals surface area contributed by atoms with E-state index in [1.54, 1.807) is 18.3 Å². The Morgan fingerprint density at radius 1 is 1.40 bits per heavy atom. The van der Waals surface area contributed by atoms with E-state index < -0.39 is 4.92 Å². The van der Waals surface area contributed by atoms with Gasteiger partial charge in [-0.15, -0.1) is 0 Å². The van der Waals surface area contributed by atoms with E-state index in [1.807, 2.05) is 6.07 Å². The third-order valence-corrected chi connectivity index (χ3v) is 3.66. The highest BCUT2D eigenvalue weighted by atomic mass is 16.6. The van der Waals surface area contributed by atoms with Crippen molar-refractivity contribution in [2.75, 3.05) is 18.0 Å². The monoisotopic (exact) mass is 273 g/mol. The zero-order valence-electron chi connectivity index (χ0n) is 10.9. The Labute approximate surface area is 115 Å². The summed E-state index contributed by atoms with van der Waals surface area (Å²) in [7, 11) is 0. The summed E-state index contributed by atoms with van der Waals surface area (Å²) < 4.78 is 0. The van der Waals surface area contributed by atoms with Gasteiger partial charge in [-0.05, 0) is 31.0 Å². The third-order valence-electron chi connectivity index (χ3n) is 3.66. The predicted octanol–water partition coefficient (Wildman–Crippen LogP) is 2.10. The number of rotatable bonds is 2. The maximum Gasteiger partial charge on any atom is 0.295 e. The first-order chi connectivity index (χ1) is 9.66.